The van der Waals surface area contributed by atoms with Crippen molar-refractivity contribution in [1.29, 1.82) is 0 Å². The quantitative estimate of drug-likeness (QED) is 0.0287. The van der Waals surface area contributed by atoms with E-state index in [0.717, 1.165) is 12.5 Å². The molecule has 0 radical (unpaired) electrons. The fourth-order valence-corrected chi connectivity index (χ4v) is 9.77. The van der Waals surface area contributed by atoms with Crippen molar-refractivity contribution in [3.8, 4) is 29.1 Å². The number of rotatable bonds is 11. The van der Waals surface area contributed by atoms with E-state index in [4.69, 9.17) is 41.9 Å². The molecule has 2 aliphatic carbocycles. The second-order valence-corrected chi connectivity index (χ2v) is 18.6. The number of benzene rings is 4. The smallest absolute Gasteiger partial charge is 0.308 e. The van der Waals surface area contributed by atoms with E-state index in [0.29, 0.717) is 24.8 Å². The Balaban J connectivity index is 1.43. The van der Waals surface area contributed by atoms with Gasteiger partial charge in [0.25, 0.3) is 0 Å². The lowest BCUT2D eigenvalue weighted by Crippen LogP contribution is -2.68. The highest BCUT2D eigenvalue weighted by Crippen LogP contribution is 2.48. The zero-order valence-electron chi connectivity index (χ0n) is 40.0. The van der Waals surface area contributed by atoms with Crippen molar-refractivity contribution in [2.24, 2.45) is 27.9 Å². The lowest BCUT2D eigenvalue weighted by atomic mass is 9.75. The highest BCUT2D eigenvalue weighted by molar-refractivity contribution is 6.32. The summed E-state index contributed by atoms with van der Waals surface area (Å²) < 4.78 is 24.7. The van der Waals surface area contributed by atoms with Crippen molar-refractivity contribution in [3.05, 3.63) is 121 Å². The van der Waals surface area contributed by atoms with Gasteiger partial charge in [0.1, 0.15) is 23.4 Å². The molecule has 0 saturated carbocycles. The van der Waals surface area contributed by atoms with E-state index in [2.05, 4.69) is 22.2 Å². The molecule has 0 aromatic heterocycles. The maximum Gasteiger partial charge on any atom is 0.308 e. The third-order valence-electron chi connectivity index (χ3n) is 13.4. The summed E-state index contributed by atoms with van der Waals surface area (Å²) in [6.07, 6.45) is -5.25. The number of hydrogen-bond acceptors (Lipinski definition) is 20. The van der Waals surface area contributed by atoms with Crippen LogP contribution in [-0.2, 0) is 40.1 Å². The fraction of sp³-hybridized carbons (Fsp3) is 0.377. The number of phenolic OH excluding ortho intramolecular Hbond substituents is 1. The number of carbonyl (C=O) groups is 4. The number of fused-ring (bicyclic) bond motifs is 2. The number of nitrogens with two attached hydrogens (primary N) is 4. The Kier molecular flexibility index (Phi) is 15.6. The van der Waals surface area contributed by atoms with Gasteiger partial charge in [0, 0.05) is 65.3 Å². The molecule has 4 aliphatic rings. The van der Waals surface area contributed by atoms with Gasteiger partial charge in [-0.2, -0.15) is 0 Å². The molecule has 2 heterocycles. The zero-order chi connectivity index (χ0) is 52.5. The van der Waals surface area contributed by atoms with E-state index in [1.54, 1.807) is 24.3 Å². The molecule has 20 heteroatoms. The van der Waals surface area contributed by atoms with Gasteiger partial charge in [-0.25, -0.2) is 0 Å². The molecule has 4 bridgehead atoms. The van der Waals surface area contributed by atoms with Crippen LogP contribution in [0.4, 0.5) is 0 Å². The Morgan fingerprint density at radius 2 is 1.77 bits per heavy atom. The number of aldehydes is 1. The summed E-state index contributed by atoms with van der Waals surface area (Å²) in [7, 11) is 0. The molecule has 1 fully saturated rings. The minimum absolute atomic E-state index is 0.0258. The van der Waals surface area contributed by atoms with Crippen molar-refractivity contribution >= 4 is 41.9 Å². The zero-order valence-corrected chi connectivity index (χ0v) is 40.0. The number of aliphatic imine (C=N–C) groups is 1. The van der Waals surface area contributed by atoms with Gasteiger partial charge in [0.05, 0.1) is 49.2 Å². The van der Waals surface area contributed by atoms with Crippen LogP contribution < -0.4 is 37.7 Å². The van der Waals surface area contributed by atoms with Crippen LogP contribution in [0.3, 0.4) is 0 Å². The number of carbonyl (C=O) groups excluding carboxylic acids is 4. The molecule has 384 valence electrons. The number of aliphatic hydroxyl groups excluding tert-OH is 3. The summed E-state index contributed by atoms with van der Waals surface area (Å²) in [4.78, 5) is 60.9. The Labute approximate surface area is 419 Å². The van der Waals surface area contributed by atoms with E-state index < -0.39 is 109 Å². The number of ether oxygens (including phenoxy) is 4. The van der Waals surface area contributed by atoms with Gasteiger partial charge in [0.2, 0.25) is 12.1 Å². The highest BCUT2D eigenvalue weighted by atomic mass is 16.7. The summed E-state index contributed by atoms with van der Waals surface area (Å²) in [5.74, 6) is -1.03. The number of nitrogens with one attached hydrogen (secondary N) is 1. The first-order valence-corrected chi connectivity index (χ1v) is 23.7. The standard InChI is InChI=1S/C53H58N6O14/c1-25-48(67)53(68,69)49(70-24-32-16-17-58-52(57)59-32)51(71-25)73-47-36-11-5-9-31(54)13-14-33(63)19-28-7-3-6-27(18-28)12-15-35-39(72-26(2)62)21-30(22-60)40-41(35)46(66)42(36)43(45(40)65)44(64)37(47)20-29-8-4-10-34(50(55)56)38(29)23-61/h3-4,6-8,10,12,15,18,21,23,25,31-33,48-51,60,63-64,67-69H,11,13-14,16-17,19-20,22,24,54-56H2,1-2H3,(H3,57,58,59)/b15-12+/t25-,31-,32+,33+,48+,49-,51+/m0/s1. The molecule has 73 heavy (non-hydrogen) atoms. The molecule has 0 amide bonds. The van der Waals surface area contributed by atoms with Gasteiger partial charge in [0.15, 0.2) is 29.9 Å². The van der Waals surface area contributed by atoms with Gasteiger partial charge in [-0.15, -0.1) is 0 Å². The Hall–Kier alpha value is -6.87. The summed E-state index contributed by atoms with van der Waals surface area (Å²) >= 11 is 0. The van der Waals surface area contributed by atoms with E-state index in [1.807, 2.05) is 12.1 Å². The monoisotopic (exact) mass is 1000 g/mol. The SMILES string of the molecule is CC(=O)Oc1cc(CO)c2c3c1/C=C/c1cccc(c1)C[C@H](O)CC[C@@H](N)C#CCc1c(O[C@H]4O[C@@H](C)[C@@H](O)C(O)(O)[C@H]4OC[C@H]4CCN=C(N)N4)c(Cc4cccc(C(N)N)c4C=O)c(O)c(c1C3=O)C2=O. The van der Waals surface area contributed by atoms with E-state index >= 15 is 9.59 Å². The molecule has 8 rings (SSSR count). The number of aromatic hydroxyl groups is 1. The average Bonchev–Trinajstić information content (AvgIpc) is 3.34. The second kappa shape index (κ2) is 21.7. The van der Waals surface area contributed by atoms with Crippen molar-refractivity contribution in [2.75, 3.05) is 13.2 Å². The van der Waals surface area contributed by atoms with Crippen LogP contribution in [-0.4, -0.2) is 122 Å². The minimum atomic E-state index is -3.08. The fourth-order valence-electron chi connectivity index (χ4n) is 9.77. The predicted molar refractivity (Wildman–Crippen MR) is 264 cm³/mol. The second-order valence-electron chi connectivity index (χ2n) is 18.6. The molecule has 2 aliphatic heterocycles. The third-order valence-corrected chi connectivity index (χ3v) is 13.4. The number of phenols is 1. The van der Waals surface area contributed by atoms with E-state index in [1.165, 1.54) is 31.2 Å². The summed E-state index contributed by atoms with van der Waals surface area (Å²) in [5.41, 5.74) is 24.3. The summed E-state index contributed by atoms with van der Waals surface area (Å²) in [6.45, 7) is 1.72. The van der Waals surface area contributed by atoms with Crippen LogP contribution in [0.5, 0.6) is 17.2 Å². The van der Waals surface area contributed by atoms with Gasteiger partial charge in [-0.1, -0.05) is 60.4 Å². The molecule has 1 saturated heterocycles. The molecule has 15 N–H and O–H groups in total. The maximum atomic E-state index is 15.8. The molecule has 4 aromatic carbocycles. The van der Waals surface area contributed by atoms with Crippen LogP contribution >= 0.6 is 0 Å². The number of hydrogen-bond donors (Lipinski definition) is 11. The minimum Gasteiger partial charge on any atom is -0.507 e. The number of aliphatic hydroxyl groups is 5. The van der Waals surface area contributed by atoms with Crippen LogP contribution in [0.15, 0.2) is 53.5 Å². The van der Waals surface area contributed by atoms with E-state index in [-0.39, 0.29) is 93.4 Å². The van der Waals surface area contributed by atoms with Crippen LogP contribution in [0.25, 0.3) is 12.2 Å². The molecule has 0 unspecified atom stereocenters. The summed E-state index contributed by atoms with van der Waals surface area (Å²) in [6, 6.07) is 11.7. The predicted octanol–water partition coefficient (Wildman–Crippen LogP) is 0.873. The molecular formula is C53H58N6O14. The van der Waals surface area contributed by atoms with Gasteiger partial charge >= 0.3 is 5.97 Å². The highest BCUT2D eigenvalue weighted by Gasteiger charge is 2.56. The van der Waals surface area contributed by atoms with Gasteiger partial charge < -0.3 is 77.8 Å². The Morgan fingerprint density at radius 3 is 2.48 bits per heavy atom. The number of guanidine groups is 1. The molecule has 20 nitrogen and oxygen atoms in total. The average molecular weight is 1000 g/mol. The van der Waals surface area contributed by atoms with Crippen LogP contribution in [0.1, 0.15) is 126 Å². The van der Waals surface area contributed by atoms with Crippen molar-refractivity contribution in [3.63, 3.8) is 0 Å². The Bertz CT molecular complexity index is 2980. The first kappa shape index (κ1) is 52.5. The number of ketones is 2. The first-order chi connectivity index (χ1) is 34.8. The normalized spacial score (nSPS) is 24.0. The topological polar surface area (TPSA) is 355 Å². The lowest BCUT2D eigenvalue weighted by molar-refractivity contribution is -0.379. The van der Waals surface area contributed by atoms with Crippen molar-refractivity contribution < 1.29 is 68.8 Å². The lowest BCUT2D eigenvalue weighted by Gasteiger charge is -2.46. The Morgan fingerprint density at radius 1 is 1.01 bits per heavy atom. The molecule has 4 aromatic rings. The summed E-state index contributed by atoms with van der Waals surface area (Å²) in [5, 5.41) is 72.2. The molecule has 7 atom stereocenters. The van der Waals surface area contributed by atoms with Crippen LogP contribution in [0, 0.1) is 11.8 Å². The van der Waals surface area contributed by atoms with Gasteiger partial charge in [-0.3, -0.25) is 24.2 Å². The van der Waals surface area contributed by atoms with Gasteiger partial charge in [-0.05, 0) is 72.6 Å². The van der Waals surface area contributed by atoms with E-state index in [9.17, 15) is 40.2 Å². The maximum absolute atomic E-state index is 15.8. The van der Waals surface area contributed by atoms with Crippen molar-refractivity contribution in [2.45, 2.75) is 114 Å². The number of nitrogens with zero attached hydrogens (tertiary/aromatic N) is 1. The molecular weight excluding hydrogens is 945 g/mol. The largest absolute Gasteiger partial charge is 0.507 e. The third kappa shape index (κ3) is 10.6. The van der Waals surface area contributed by atoms with Crippen LogP contribution in [0.2, 0.25) is 0 Å². The first-order valence-electron chi connectivity index (χ1n) is 23.7. The van der Waals surface area contributed by atoms with Crippen molar-refractivity contribution in [1.82, 2.24) is 5.32 Å². The molecule has 0 spiro atoms. The number of esters is 1.